The van der Waals surface area contributed by atoms with Crippen molar-refractivity contribution in [3.8, 4) is 0 Å². The van der Waals surface area contributed by atoms with Crippen molar-refractivity contribution in [3.05, 3.63) is 38.2 Å². The summed E-state index contributed by atoms with van der Waals surface area (Å²) in [5, 5.41) is 2.12. The van der Waals surface area contributed by atoms with Crippen LogP contribution in [0.5, 0.6) is 0 Å². The third kappa shape index (κ3) is 3.73. The van der Waals surface area contributed by atoms with Crippen LogP contribution in [0.15, 0.2) is 17.2 Å². The largest absolute Gasteiger partial charge is 0.462 e. The molecule has 1 aliphatic rings. The lowest BCUT2D eigenvalue weighted by Crippen LogP contribution is -2.18. The Balaban J connectivity index is 0.00000208. The first kappa shape index (κ1) is 19.5. The minimum atomic E-state index is -0.487. The molecule has 7 heteroatoms. The first-order chi connectivity index (χ1) is 11.0. The number of esters is 1. The van der Waals surface area contributed by atoms with E-state index >= 15 is 0 Å². The molecule has 0 saturated heterocycles. The number of nitrogens with zero attached hydrogens (tertiary/aromatic N) is 1. The fourth-order valence-corrected chi connectivity index (χ4v) is 4.53. The normalized spacial score (nSPS) is 15.1. The molecule has 0 radical (unpaired) electrons. The van der Waals surface area contributed by atoms with Gasteiger partial charge in [0.15, 0.2) is 0 Å². The molecule has 2 heterocycles. The zero-order chi connectivity index (χ0) is 16.6. The number of rotatable bonds is 3. The lowest BCUT2D eigenvalue weighted by molar-refractivity contribution is -0.137. The molecule has 0 spiro atoms. The van der Waals surface area contributed by atoms with Gasteiger partial charge in [0, 0.05) is 33.1 Å². The average Bonchev–Trinajstić information content (AvgIpc) is 2.73. The highest BCUT2D eigenvalue weighted by atomic mass is 35.5. The van der Waals surface area contributed by atoms with Crippen molar-refractivity contribution in [2.75, 3.05) is 20.2 Å². The summed E-state index contributed by atoms with van der Waals surface area (Å²) in [6.45, 7) is 3.84. The molecule has 0 bridgehead atoms. The average molecular weight is 407 g/mol. The molecule has 0 amide bonds. The van der Waals surface area contributed by atoms with Gasteiger partial charge in [0.2, 0.25) is 0 Å². The molecular weight excluding hydrogens is 389 g/mol. The van der Waals surface area contributed by atoms with Crippen LogP contribution in [0.3, 0.4) is 0 Å². The van der Waals surface area contributed by atoms with Crippen LogP contribution in [0.1, 0.15) is 22.9 Å². The van der Waals surface area contributed by atoms with E-state index in [2.05, 4.69) is 11.9 Å². The molecule has 3 nitrogen and oxygen atoms in total. The van der Waals surface area contributed by atoms with Crippen LogP contribution in [0.4, 0.5) is 0 Å². The minimum absolute atomic E-state index is 0. The van der Waals surface area contributed by atoms with Gasteiger partial charge in [-0.2, -0.15) is 0 Å². The maximum Gasteiger partial charge on any atom is 0.349 e. The maximum absolute atomic E-state index is 11.8. The van der Waals surface area contributed by atoms with E-state index in [0.717, 1.165) is 29.4 Å². The SMILES string of the molecule is CCOC(=O)/C(Cl)=C\c1sc2ccc(Cl)c3c2c1CN(C)CC3.Cl. The summed E-state index contributed by atoms with van der Waals surface area (Å²) in [6, 6.07) is 3.99. The van der Waals surface area contributed by atoms with Gasteiger partial charge in [0.1, 0.15) is 5.03 Å². The summed E-state index contributed by atoms with van der Waals surface area (Å²) >= 11 is 14.2. The van der Waals surface area contributed by atoms with Crippen LogP contribution in [0, 0.1) is 0 Å². The van der Waals surface area contributed by atoms with E-state index < -0.39 is 5.97 Å². The van der Waals surface area contributed by atoms with E-state index in [-0.39, 0.29) is 17.4 Å². The molecule has 1 aromatic heterocycles. The lowest BCUT2D eigenvalue weighted by atomic mass is 10.0. The van der Waals surface area contributed by atoms with Crippen LogP contribution >= 0.6 is 46.9 Å². The fraction of sp³-hybridized carbons (Fsp3) is 0.353. The molecule has 1 aliphatic heterocycles. The monoisotopic (exact) mass is 405 g/mol. The predicted octanol–water partition coefficient (Wildman–Crippen LogP) is 5.11. The second-order valence-electron chi connectivity index (χ2n) is 5.54. The summed E-state index contributed by atoms with van der Waals surface area (Å²) in [5.41, 5.74) is 2.37. The third-order valence-electron chi connectivity index (χ3n) is 3.94. The van der Waals surface area contributed by atoms with E-state index in [0.29, 0.717) is 6.61 Å². The highest BCUT2D eigenvalue weighted by Gasteiger charge is 2.22. The summed E-state index contributed by atoms with van der Waals surface area (Å²) in [4.78, 5) is 15.0. The van der Waals surface area contributed by atoms with E-state index in [1.165, 1.54) is 21.2 Å². The van der Waals surface area contributed by atoms with Gasteiger partial charge in [0.25, 0.3) is 0 Å². The van der Waals surface area contributed by atoms with Gasteiger partial charge in [-0.05, 0) is 49.7 Å². The molecule has 130 valence electrons. The van der Waals surface area contributed by atoms with Gasteiger partial charge >= 0.3 is 5.97 Å². The summed E-state index contributed by atoms with van der Waals surface area (Å²) in [7, 11) is 2.09. The van der Waals surface area contributed by atoms with Crippen molar-refractivity contribution in [3.63, 3.8) is 0 Å². The van der Waals surface area contributed by atoms with Crippen LogP contribution in [-0.2, 0) is 22.5 Å². The zero-order valence-electron chi connectivity index (χ0n) is 13.4. The Morgan fingerprint density at radius 1 is 1.42 bits per heavy atom. The smallest absolute Gasteiger partial charge is 0.349 e. The highest BCUT2D eigenvalue weighted by Crippen LogP contribution is 2.40. The maximum atomic E-state index is 11.8. The van der Waals surface area contributed by atoms with E-state index in [1.54, 1.807) is 24.3 Å². The second-order valence-corrected chi connectivity index (χ2v) is 7.44. The topological polar surface area (TPSA) is 29.5 Å². The van der Waals surface area contributed by atoms with E-state index in [4.69, 9.17) is 27.9 Å². The van der Waals surface area contributed by atoms with Crippen molar-refractivity contribution in [2.45, 2.75) is 19.9 Å². The van der Waals surface area contributed by atoms with Crippen LogP contribution in [0.2, 0.25) is 5.02 Å². The Kier molecular flexibility index (Phi) is 6.57. The fourth-order valence-electron chi connectivity index (χ4n) is 2.86. The van der Waals surface area contributed by atoms with Gasteiger partial charge < -0.3 is 9.64 Å². The number of carbonyl (C=O) groups excluding carboxylic acids is 1. The number of likely N-dealkylation sites (N-methyl/N-ethyl adjacent to an activating group) is 1. The quantitative estimate of drug-likeness (QED) is 0.524. The molecular formula is C17H18Cl3NO2S. The number of carbonyl (C=O) groups is 1. The number of hydrogen-bond acceptors (Lipinski definition) is 4. The number of halogens is 3. The Labute approximate surface area is 161 Å². The van der Waals surface area contributed by atoms with Crippen LogP contribution in [-0.4, -0.2) is 31.1 Å². The summed E-state index contributed by atoms with van der Waals surface area (Å²) in [5.74, 6) is -0.487. The highest BCUT2D eigenvalue weighted by molar-refractivity contribution is 7.20. The molecule has 1 aromatic carbocycles. The number of thiophene rings is 1. The van der Waals surface area contributed by atoms with Crippen LogP contribution < -0.4 is 0 Å². The first-order valence-corrected chi connectivity index (χ1v) is 9.04. The summed E-state index contributed by atoms with van der Waals surface area (Å²) in [6.07, 6.45) is 2.64. The molecule has 24 heavy (non-hydrogen) atoms. The van der Waals surface area contributed by atoms with Gasteiger partial charge in [-0.3, -0.25) is 0 Å². The Hall–Kier alpha value is -0.780. The van der Waals surface area contributed by atoms with Crippen molar-refractivity contribution in [2.24, 2.45) is 0 Å². The Bertz CT molecular complexity index is 801. The predicted molar refractivity (Wildman–Crippen MR) is 105 cm³/mol. The second kappa shape index (κ2) is 8.07. The lowest BCUT2D eigenvalue weighted by Gasteiger charge is -2.13. The number of benzene rings is 1. The first-order valence-electron chi connectivity index (χ1n) is 7.47. The molecule has 0 saturated carbocycles. The van der Waals surface area contributed by atoms with Gasteiger partial charge in [-0.1, -0.05) is 23.2 Å². The Morgan fingerprint density at radius 2 is 2.17 bits per heavy atom. The number of ether oxygens (including phenoxy) is 1. The molecule has 0 aliphatic carbocycles. The zero-order valence-corrected chi connectivity index (χ0v) is 16.5. The molecule has 2 aromatic rings. The van der Waals surface area contributed by atoms with Crippen molar-refractivity contribution in [1.82, 2.24) is 4.90 Å². The van der Waals surface area contributed by atoms with Crippen molar-refractivity contribution < 1.29 is 9.53 Å². The molecule has 3 rings (SSSR count). The molecule has 0 N–H and O–H groups in total. The molecule has 0 unspecified atom stereocenters. The minimum Gasteiger partial charge on any atom is -0.462 e. The third-order valence-corrected chi connectivity index (χ3v) is 5.70. The van der Waals surface area contributed by atoms with Crippen LogP contribution in [0.25, 0.3) is 16.2 Å². The van der Waals surface area contributed by atoms with Crippen molar-refractivity contribution >= 4 is 69.1 Å². The number of hydrogen-bond donors (Lipinski definition) is 0. The molecule has 0 fully saturated rings. The van der Waals surface area contributed by atoms with E-state index in [1.807, 2.05) is 12.1 Å². The molecule has 0 atom stereocenters. The van der Waals surface area contributed by atoms with Gasteiger partial charge in [0.05, 0.1) is 6.61 Å². The standard InChI is InChI=1S/C17H17Cl2NO2S.ClH/c1-3-22-17(21)13(19)8-15-11-9-20(2)7-6-10-12(18)4-5-14(23-15)16(10)11;/h4-5,8H,3,6-7,9H2,1-2H3;1H/b13-8+;. The Morgan fingerprint density at radius 3 is 2.88 bits per heavy atom. The summed E-state index contributed by atoms with van der Waals surface area (Å²) < 4.78 is 6.14. The van der Waals surface area contributed by atoms with E-state index in [9.17, 15) is 4.79 Å². The van der Waals surface area contributed by atoms with Gasteiger partial charge in [-0.25, -0.2) is 4.79 Å². The van der Waals surface area contributed by atoms with Gasteiger partial charge in [-0.15, -0.1) is 23.7 Å². The van der Waals surface area contributed by atoms with Crippen molar-refractivity contribution in [1.29, 1.82) is 0 Å².